The Kier molecular flexibility index (Phi) is 5.16. The third kappa shape index (κ3) is 3.91. The highest BCUT2D eigenvalue weighted by molar-refractivity contribution is 5.89. The standard InChI is InChI=1S/C21H23N5O3/c1-15(16-5-7-18(8-6-16)26-14-22-13-23-26)24(2)21(28)17-10-20(27)25(11-17)12-19-4-3-9-29-19/h3-9,13-15,17H,10-12H2,1-2H3. The highest BCUT2D eigenvalue weighted by Crippen LogP contribution is 2.26. The highest BCUT2D eigenvalue weighted by atomic mass is 16.3. The second kappa shape index (κ2) is 7.90. The highest BCUT2D eigenvalue weighted by Gasteiger charge is 2.37. The Balaban J connectivity index is 1.40. The molecule has 3 aromatic rings. The Morgan fingerprint density at radius 3 is 2.76 bits per heavy atom. The van der Waals surface area contributed by atoms with Crippen molar-refractivity contribution >= 4 is 11.8 Å². The first-order valence-electron chi connectivity index (χ1n) is 9.54. The van der Waals surface area contributed by atoms with Crippen molar-refractivity contribution in [1.29, 1.82) is 0 Å². The largest absolute Gasteiger partial charge is 0.467 e. The summed E-state index contributed by atoms with van der Waals surface area (Å²) in [4.78, 5) is 32.7. The summed E-state index contributed by atoms with van der Waals surface area (Å²) in [6, 6.07) is 11.4. The molecule has 0 radical (unpaired) electrons. The van der Waals surface area contributed by atoms with Crippen LogP contribution in [0.3, 0.4) is 0 Å². The number of rotatable bonds is 6. The van der Waals surface area contributed by atoms with E-state index in [1.54, 1.807) is 40.2 Å². The fraction of sp³-hybridized carbons (Fsp3) is 0.333. The maximum absolute atomic E-state index is 13.0. The lowest BCUT2D eigenvalue weighted by atomic mass is 10.0. The van der Waals surface area contributed by atoms with Crippen molar-refractivity contribution in [3.8, 4) is 5.69 Å². The lowest BCUT2D eigenvalue weighted by Crippen LogP contribution is -2.36. The van der Waals surface area contributed by atoms with E-state index in [1.807, 2.05) is 37.3 Å². The van der Waals surface area contributed by atoms with Crippen LogP contribution in [0.5, 0.6) is 0 Å². The number of hydrogen-bond acceptors (Lipinski definition) is 5. The number of nitrogens with zero attached hydrogens (tertiary/aromatic N) is 5. The van der Waals surface area contributed by atoms with Crippen LogP contribution in [0.25, 0.3) is 5.69 Å². The number of benzene rings is 1. The molecule has 2 unspecified atom stereocenters. The van der Waals surface area contributed by atoms with Gasteiger partial charge in [-0.15, -0.1) is 0 Å². The zero-order valence-electron chi connectivity index (χ0n) is 16.4. The Morgan fingerprint density at radius 2 is 2.10 bits per heavy atom. The van der Waals surface area contributed by atoms with Gasteiger partial charge in [0.2, 0.25) is 11.8 Å². The molecule has 2 amide bonds. The van der Waals surface area contributed by atoms with Crippen LogP contribution in [-0.2, 0) is 16.1 Å². The fourth-order valence-electron chi connectivity index (χ4n) is 3.63. The molecule has 150 valence electrons. The molecule has 0 aliphatic carbocycles. The molecule has 29 heavy (non-hydrogen) atoms. The van der Waals surface area contributed by atoms with Crippen molar-refractivity contribution in [2.75, 3.05) is 13.6 Å². The third-order valence-corrected chi connectivity index (χ3v) is 5.48. The van der Waals surface area contributed by atoms with Crippen molar-refractivity contribution in [2.45, 2.75) is 25.9 Å². The number of carbonyl (C=O) groups excluding carboxylic acids is 2. The molecule has 1 fully saturated rings. The smallest absolute Gasteiger partial charge is 0.228 e. The average molecular weight is 393 g/mol. The number of furan rings is 1. The van der Waals surface area contributed by atoms with E-state index in [1.165, 1.54) is 6.33 Å². The minimum absolute atomic E-state index is 0.0158. The maximum Gasteiger partial charge on any atom is 0.228 e. The van der Waals surface area contributed by atoms with Crippen LogP contribution >= 0.6 is 0 Å². The van der Waals surface area contributed by atoms with Crippen molar-refractivity contribution in [3.05, 3.63) is 66.6 Å². The molecule has 1 aliphatic heterocycles. The summed E-state index contributed by atoms with van der Waals surface area (Å²) >= 11 is 0. The Hall–Kier alpha value is -3.42. The molecule has 4 rings (SSSR count). The van der Waals surface area contributed by atoms with Gasteiger partial charge < -0.3 is 14.2 Å². The minimum Gasteiger partial charge on any atom is -0.467 e. The van der Waals surface area contributed by atoms with E-state index in [0.29, 0.717) is 13.1 Å². The molecular formula is C21H23N5O3. The molecule has 1 saturated heterocycles. The fourth-order valence-corrected chi connectivity index (χ4v) is 3.63. The van der Waals surface area contributed by atoms with Gasteiger partial charge in [-0.25, -0.2) is 9.67 Å². The van der Waals surface area contributed by atoms with Crippen molar-refractivity contribution < 1.29 is 14.0 Å². The van der Waals surface area contributed by atoms with E-state index < -0.39 is 0 Å². The van der Waals surface area contributed by atoms with Gasteiger partial charge in [-0.3, -0.25) is 9.59 Å². The van der Waals surface area contributed by atoms with E-state index in [2.05, 4.69) is 10.1 Å². The molecule has 2 aromatic heterocycles. The molecule has 0 bridgehead atoms. The zero-order valence-corrected chi connectivity index (χ0v) is 16.4. The third-order valence-electron chi connectivity index (χ3n) is 5.48. The van der Waals surface area contributed by atoms with Crippen LogP contribution in [-0.4, -0.2) is 50.0 Å². The maximum atomic E-state index is 13.0. The molecule has 1 aromatic carbocycles. The average Bonchev–Trinajstić information content (AvgIpc) is 3.50. The summed E-state index contributed by atoms with van der Waals surface area (Å²) in [6.45, 7) is 2.80. The van der Waals surface area contributed by atoms with E-state index in [4.69, 9.17) is 4.42 Å². The molecule has 8 heteroatoms. The minimum atomic E-state index is -0.334. The number of likely N-dealkylation sites (tertiary alicyclic amines) is 1. The Bertz CT molecular complexity index is 966. The number of aromatic nitrogens is 3. The molecule has 8 nitrogen and oxygen atoms in total. The van der Waals surface area contributed by atoms with Crippen LogP contribution in [0.4, 0.5) is 0 Å². The summed E-state index contributed by atoms with van der Waals surface area (Å²) in [7, 11) is 1.79. The monoisotopic (exact) mass is 393 g/mol. The second-order valence-electron chi connectivity index (χ2n) is 7.31. The normalized spacial score (nSPS) is 17.5. The Morgan fingerprint density at radius 1 is 1.31 bits per heavy atom. The first-order chi connectivity index (χ1) is 14.0. The van der Waals surface area contributed by atoms with Gasteiger partial charge in [0.25, 0.3) is 0 Å². The van der Waals surface area contributed by atoms with Crippen LogP contribution in [0.2, 0.25) is 0 Å². The second-order valence-corrected chi connectivity index (χ2v) is 7.31. The van der Waals surface area contributed by atoms with Gasteiger partial charge in [0.1, 0.15) is 18.4 Å². The quantitative estimate of drug-likeness (QED) is 0.642. The summed E-state index contributed by atoms with van der Waals surface area (Å²) in [5, 5.41) is 4.12. The van der Waals surface area contributed by atoms with Crippen LogP contribution in [0.15, 0.2) is 59.7 Å². The molecule has 0 N–H and O–H groups in total. The van der Waals surface area contributed by atoms with E-state index in [0.717, 1.165) is 17.0 Å². The molecule has 0 spiro atoms. The number of amides is 2. The number of carbonyl (C=O) groups is 2. The predicted molar refractivity (Wildman–Crippen MR) is 105 cm³/mol. The topological polar surface area (TPSA) is 84.5 Å². The lowest BCUT2D eigenvalue weighted by Gasteiger charge is -2.28. The van der Waals surface area contributed by atoms with Gasteiger partial charge in [0.15, 0.2) is 0 Å². The molecule has 1 aliphatic rings. The van der Waals surface area contributed by atoms with E-state index in [-0.39, 0.29) is 30.2 Å². The van der Waals surface area contributed by atoms with Crippen molar-refractivity contribution in [2.24, 2.45) is 5.92 Å². The first-order valence-corrected chi connectivity index (χ1v) is 9.54. The summed E-state index contributed by atoms with van der Waals surface area (Å²) in [6.07, 6.45) is 4.95. The molecule has 2 atom stereocenters. The molecule has 0 saturated carbocycles. The van der Waals surface area contributed by atoms with E-state index >= 15 is 0 Å². The zero-order chi connectivity index (χ0) is 20.4. The lowest BCUT2D eigenvalue weighted by molar-refractivity contribution is -0.136. The summed E-state index contributed by atoms with van der Waals surface area (Å²) < 4.78 is 7.00. The van der Waals surface area contributed by atoms with Gasteiger partial charge in [0, 0.05) is 20.0 Å². The number of hydrogen-bond donors (Lipinski definition) is 0. The SMILES string of the molecule is CC(c1ccc(-n2cncn2)cc1)N(C)C(=O)C1CC(=O)N(Cc2ccco2)C1. The van der Waals surface area contributed by atoms with Crippen LogP contribution < -0.4 is 0 Å². The van der Waals surface area contributed by atoms with Gasteiger partial charge in [-0.2, -0.15) is 5.10 Å². The van der Waals surface area contributed by atoms with Crippen LogP contribution in [0, 0.1) is 5.92 Å². The van der Waals surface area contributed by atoms with Gasteiger partial charge in [-0.05, 0) is 36.8 Å². The van der Waals surface area contributed by atoms with Gasteiger partial charge in [-0.1, -0.05) is 12.1 Å². The summed E-state index contributed by atoms with van der Waals surface area (Å²) in [5.74, 6) is 0.353. The van der Waals surface area contributed by atoms with Gasteiger partial charge >= 0.3 is 0 Å². The Labute approximate surface area is 168 Å². The first kappa shape index (κ1) is 18.9. The molecular weight excluding hydrogens is 370 g/mol. The van der Waals surface area contributed by atoms with Crippen molar-refractivity contribution in [3.63, 3.8) is 0 Å². The summed E-state index contributed by atoms with van der Waals surface area (Å²) in [5.41, 5.74) is 1.92. The predicted octanol–water partition coefficient (Wildman–Crippen LogP) is 2.43. The van der Waals surface area contributed by atoms with E-state index in [9.17, 15) is 9.59 Å². The van der Waals surface area contributed by atoms with Crippen LogP contribution in [0.1, 0.15) is 30.7 Å². The van der Waals surface area contributed by atoms with Crippen molar-refractivity contribution in [1.82, 2.24) is 24.6 Å². The molecule has 3 heterocycles. The van der Waals surface area contributed by atoms with Gasteiger partial charge in [0.05, 0.1) is 30.5 Å².